The summed E-state index contributed by atoms with van der Waals surface area (Å²) in [6, 6.07) is 16.8. The predicted octanol–water partition coefficient (Wildman–Crippen LogP) is 6.89. The van der Waals surface area contributed by atoms with Crippen molar-refractivity contribution in [3.8, 4) is 16.8 Å². The highest BCUT2D eigenvalue weighted by Crippen LogP contribution is 2.30. The van der Waals surface area contributed by atoms with Crippen LogP contribution in [0.15, 0.2) is 74.8 Å². The van der Waals surface area contributed by atoms with E-state index in [0.717, 1.165) is 31.5 Å². The van der Waals surface area contributed by atoms with Crippen LogP contribution in [0.25, 0.3) is 16.8 Å². The van der Waals surface area contributed by atoms with Gasteiger partial charge in [0.25, 0.3) is 0 Å². The van der Waals surface area contributed by atoms with Gasteiger partial charge in [0, 0.05) is 39.8 Å². The smallest absolute Gasteiger partial charge is 0.351 e. The number of unbranched alkanes of at least 4 members (excludes halogenated alkanes) is 2. The lowest BCUT2D eigenvalue weighted by molar-refractivity contribution is 0.491. The Morgan fingerprint density at radius 3 is 2.42 bits per heavy atom. The number of halogens is 2. The molecule has 43 heavy (non-hydrogen) atoms. The monoisotopic (exact) mass is 671 g/mol. The first-order valence-electron chi connectivity index (χ1n) is 14.5. The second-order valence-corrected chi connectivity index (χ2v) is 14.0. The van der Waals surface area contributed by atoms with Gasteiger partial charge in [0.15, 0.2) is 0 Å². The molecule has 0 fully saturated rings. The molecule has 0 saturated carbocycles. The van der Waals surface area contributed by atoms with Gasteiger partial charge in [-0.15, -0.1) is 5.10 Å². The minimum Gasteiger partial charge on any atom is -0.385 e. The van der Waals surface area contributed by atoms with E-state index < -0.39 is 21.4 Å². The van der Waals surface area contributed by atoms with Crippen LogP contribution in [0.5, 0.6) is 0 Å². The number of aromatic nitrogens is 3. The molecule has 1 aromatic heterocycles. The maximum absolute atomic E-state index is 15.6. The average molecular weight is 673 g/mol. The van der Waals surface area contributed by atoms with Crippen molar-refractivity contribution in [1.29, 1.82) is 0 Å². The summed E-state index contributed by atoms with van der Waals surface area (Å²) in [5.74, 6) is -0.0268. The first-order chi connectivity index (χ1) is 20.3. The number of nitrogens with one attached hydrogen (secondary N) is 2. The minimum absolute atomic E-state index is 0.0216. The molecule has 0 aliphatic heterocycles. The largest absolute Gasteiger partial charge is 0.385 e. The number of rotatable bonds is 12. The van der Waals surface area contributed by atoms with E-state index in [9.17, 15) is 13.2 Å². The highest BCUT2D eigenvalue weighted by atomic mass is 79.9. The molecule has 0 aliphatic carbocycles. The zero-order valence-electron chi connectivity index (χ0n) is 25.2. The van der Waals surface area contributed by atoms with E-state index in [0.29, 0.717) is 39.1 Å². The summed E-state index contributed by atoms with van der Waals surface area (Å²) in [6.07, 6.45) is 3.79. The van der Waals surface area contributed by atoms with Crippen molar-refractivity contribution in [2.45, 2.75) is 77.3 Å². The van der Waals surface area contributed by atoms with E-state index in [2.05, 4.69) is 38.0 Å². The van der Waals surface area contributed by atoms with Crippen LogP contribution in [-0.2, 0) is 23.0 Å². The lowest BCUT2D eigenvalue weighted by atomic mass is 10.0. The molecule has 230 valence electrons. The molecule has 0 radical (unpaired) electrons. The number of aryl methyl sites for hydroxylation is 1. The molecule has 1 heterocycles. The number of hydrogen-bond acceptors (Lipinski definition) is 5. The third-order valence-electron chi connectivity index (χ3n) is 6.85. The second kappa shape index (κ2) is 13.6. The van der Waals surface area contributed by atoms with Crippen molar-refractivity contribution in [2.24, 2.45) is 0 Å². The Morgan fingerprint density at radius 2 is 1.74 bits per heavy atom. The van der Waals surface area contributed by atoms with Gasteiger partial charge in [-0.05, 0) is 79.0 Å². The third kappa shape index (κ3) is 7.82. The average Bonchev–Trinajstić information content (AvgIpc) is 3.26. The van der Waals surface area contributed by atoms with Crippen molar-refractivity contribution in [3.63, 3.8) is 0 Å². The van der Waals surface area contributed by atoms with Gasteiger partial charge >= 0.3 is 5.69 Å². The van der Waals surface area contributed by atoms with Crippen molar-refractivity contribution >= 4 is 31.6 Å². The highest BCUT2D eigenvalue weighted by molar-refractivity contribution is 9.10. The lowest BCUT2D eigenvalue weighted by Crippen LogP contribution is -2.40. The Labute approximate surface area is 261 Å². The summed E-state index contributed by atoms with van der Waals surface area (Å²) < 4.78 is 48.0. The molecule has 0 bridgehead atoms. The first-order valence-corrected chi connectivity index (χ1v) is 16.8. The van der Waals surface area contributed by atoms with Gasteiger partial charge < -0.3 is 5.32 Å². The van der Waals surface area contributed by atoms with Crippen molar-refractivity contribution < 1.29 is 12.8 Å². The molecule has 0 aliphatic rings. The first kappa shape index (κ1) is 32.6. The molecule has 11 heteroatoms. The van der Waals surface area contributed by atoms with Gasteiger partial charge in [-0.3, -0.25) is 4.57 Å². The van der Waals surface area contributed by atoms with E-state index in [-0.39, 0.29) is 17.1 Å². The van der Waals surface area contributed by atoms with Crippen molar-refractivity contribution in [3.05, 3.63) is 92.8 Å². The van der Waals surface area contributed by atoms with E-state index in [1.807, 2.05) is 25.1 Å². The van der Waals surface area contributed by atoms with Gasteiger partial charge in [0.1, 0.15) is 11.6 Å². The number of benzene rings is 3. The molecule has 2 N–H and O–H groups in total. The van der Waals surface area contributed by atoms with Gasteiger partial charge in [0.05, 0.1) is 17.1 Å². The number of nitrogens with zero attached hydrogens (tertiary/aromatic N) is 3. The molecular formula is C32H39BrFN5O3S. The third-order valence-corrected chi connectivity index (χ3v) is 9.34. The fourth-order valence-electron chi connectivity index (χ4n) is 4.82. The van der Waals surface area contributed by atoms with Gasteiger partial charge in [0.2, 0.25) is 10.0 Å². The van der Waals surface area contributed by atoms with Crippen LogP contribution >= 0.6 is 15.9 Å². The fourth-order valence-corrected chi connectivity index (χ4v) is 6.88. The Morgan fingerprint density at radius 1 is 1.00 bits per heavy atom. The summed E-state index contributed by atoms with van der Waals surface area (Å²) in [5, 5.41) is 7.98. The van der Waals surface area contributed by atoms with Gasteiger partial charge in [-0.1, -0.05) is 57.0 Å². The lowest BCUT2D eigenvalue weighted by Gasteiger charge is -2.21. The molecule has 0 saturated heterocycles. The molecule has 8 nitrogen and oxygen atoms in total. The number of sulfonamides is 1. The Hall–Kier alpha value is -3.28. The molecule has 4 aromatic rings. The maximum Gasteiger partial charge on any atom is 0.351 e. The normalized spacial score (nSPS) is 12.1. The van der Waals surface area contributed by atoms with Crippen LogP contribution in [0.1, 0.15) is 65.3 Å². The van der Waals surface area contributed by atoms with E-state index in [1.165, 1.54) is 21.4 Å². The SMILES string of the molecule is CCCCCNc1ccc(Br)c(-n2nc(CC)n(Cc3ccc(-c4ccccc4S(=O)(=O)NC(C)(C)C)cc3F)c2=O)c1. The van der Waals surface area contributed by atoms with E-state index in [4.69, 9.17) is 0 Å². The zero-order valence-corrected chi connectivity index (χ0v) is 27.6. The van der Waals surface area contributed by atoms with Crippen molar-refractivity contribution in [1.82, 2.24) is 19.1 Å². The Balaban J connectivity index is 1.66. The molecule has 0 spiro atoms. The standard InChI is InChI=1S/C32H39BrFN5O3S/c1-6-8-11-18-35-24-16-17-26(33)28(20-24)39-31(40)38(30(7-2)36-39)21-23-15-14-22(19-27(23)34)25-12-9-10-13-29(25)43(41,42)37-32(3,4)5/h9-10,12-17,19-20,35,37H,6-8,11,18,21H2,1-5H3. The minimum atomic E-state index is -3.86. The quantitative estimate of drug-likeness (QED) is 0.160. The molecule has 4 rings (SSSR count). The Kier molecular flexibility index (Phi) is 10.3. The fraction of sp³-hybridized carbons (Fsp3) is 0.375. The second-order valence-electron chi connectivity index (χ2n) is 11.5. The molecule has 3 aromatic carbocycles. The highest BCUT2D eigenvalue weighted by Gasteiger charge is 2.25. The van der Waals surface area contributed by atoms with Gasteiger partial charge in [-0.25, -0.2) is 22.3 Å². The molecule has 0 atom stereocenters. The number of hydrogen-bond donors (Lipinski definition) is 2. The molecule has 0 unspecified atom stereocenters. The van der Waals surface area contributed by atoms with Gasteiger partial charge in [-0.2, -0.15) is 4.68 Å². The van der Waals surface area contributed by atoms with Crippen LogP contribution in [0, 0.1) is 5.82 Å². The molecular weight excluding hydrogens is 633 g/mol. The van der Waals surface area contributed by atoms with Crippen LogP contribution in [0.2, 0.25) is 0 Å². The predicted molar refractivity (Wildman–Crippen MR) is 174 cm³/mol. The van der Waals surface area contributed by atoms with E-state index >= 15 is 4.39 Å². The molecule has 0 amide bonds. The van der Waals surface area contributed by atoms with E-state index in [1.54, 1.807) is 51.1 Å². The van der Waals surface area contributed by atoms with Crippen LogP contribution in [0.3, 0.4) is 0 Å². The zero-order chi connectivity index (χ0) is 31.4. The van der Waals surface area contributed by atoms with Crippen LogP contribution in [-0.4, -0.2) is 34.8 Å². The summed E-state index contributed by atoms with van der Waals surface area (Å²) in [5.41, 5.74) is 1.51. The summed E-state index contributed by atoms with van der Waals surface area (Å²) in [7, 11) is -3.86. The summed E-state index contributed by atoms with van der Waals surface area (Å²) in [6.45, 7) is 10.1. The van der Waals surface area contributed by atoms with Crippen molar-refractivity contribution in [2.75, 3.05) is 11.9 Å². The Bertz CT molecular complexity index is 1760. The summed E-state index contributed by atoms with van der Waals surface area (Å²) >= 11 is 3.55. The number of anilines is 1. The maximum atomic E-state index is 15.6. The summed E-state index contributed by atoms with van der Waals surface area (Å²) in [4.78, 5) is 13.7. The van der Waals surface area contributed by atoms with Crippen LogP contribution in [0.4, 0.5) is 10.1 Å². The van der Waals surface area contributed by atoms with Crippen LogP contribution < -0.4 is 15.7 Å². The topological polar surface area (TPSA) is 98.0 Å².